The number of amidine groups is 1. The lowest BCUT2D eigenvalue weighted by atomic mass is 9.73. The first-order valence-electron chi connectivity index (χ1n) is 9.59. The number of carbonyl (C=O) groups excluding carboxylic acids is 1. The number of rotatable bonds is 6. The minimum absolute atomic E-state index is 0.0484. The first kappa shape index (κ1) is 23.0. The van der Waals surface area contributed by atoms with Gasteiger partial charge in [0.25, 0.3) is 5.91 Å². The van der Waals surface area contributed by atoms with E-state index in [1.807, 2.05) is 0 Å². The van der Waals surface area contributed by atoms with Crippen molar-refractivity contribution in [2.75, 3.05) is 19.3 Å². The smallest absolute Gasteiger partial charge is 0.275 e. The molecule has 0 bridgehead atoms. The van der Waals surface area contributed by atoms with Crippen molar-refractivity contribution in [1.29, 1.82) is 5.26 Å². The number of hydrogen-bond donors (Lipinski definition) is 2. The third-order valence-electron chi connectivity index (χ3n) is 5.50. The monoisotopic (exact) mass is 444 g/mol. The summed E-state index contributed by atoms with van der Waals surface area (Å²) in [6.07, 6.45) is 1.81. The molecule has 0 aliphatic carbocycles. The fraction of sp³-hybridized carbons (Fsp3) is 0.381. The van der Waals surface area contributed by atoms with Crippen LogP contribution in [0.5, 0.6) is 5.88 Å². The third kappa shape index (κ3) is 4.22. The maximum Gasteiger partial charge on any atom is 0.275 e. The lowest BCUT2D eigenvalue weighted by Crippen LogP contribution is -2.51. The fourth-order valence-electron chi connectivity index (χ4n) is 3.52. The van der Waals surface area contributed by atoms with Gasteiger partial charge in [0.05, 0.1) is 24.6 Å². The fourth-order valence-corrected chi connectivity index (χ4v) is 3.52. The van der Waals surface area contributed by atoms with Crippen LogP contribution < -0.4 is 15.8 Å². The summed E-state index contributed by atoms with van der Waals surface area (Å²) in [5.41, 5.74) is 4.16. The van der Waals surface area contributed by atoms with Gasteiger partial charge in [-0.2, -0.15) is 5.26 Å². The molecule has 1 aromatic carbocycles. The average Bonchev–Trinajstić information content (AvgIpc) is 2.78. The molecular weight excluding hydrogens is 422 g/mol. The zero-order valence-electron chi connectivity index (χ0n) is 17.7. The van der Waals surface area contributed by atoms with Gasteiger partial charge < -0.3 is 20.5 Å². The van der Waals surface area contributed by atoms with Crippen LogP contribution in [0.2, 0.25) is 0 Å². The standard InChI is InChI=1S/C21H22F2N6O3/c1-20(10-24)7-16(31-3)21(2,29-19(20)25)13-6-12(4-5-14(13)23)28-18(30)15-8-27-17(9-26-15)32-11-22/h4-6,8-9,16H,7,11H2,1-3H3,(H2,25,29)(H,28,30)/t16-,20+,21+/m0/s1. The molecule has 0 unspecified atom stereocenters. The summed E-state index contributed by atoms with van der Waals surface area (Å²) in [5.74, 6) is -1.17. The van der Waals surface area contributed by atoms with Crippen LogP contribution >= 0.6 is 0 Å². The summed E-state index contributed by atoms with van der Waals surface area (Å²) in [4.78, 5) is 24.6. The predicted molar refractivity (Wildman–Crippen MR) is 111 cm³/mol. The molecule has 2 aromatic rings. The lowest BCUT2D eigenvalue weighted by molar-refractivity contribution is 0.0141. The largest absolute Gasteiger partial charge is 0.445 e. The Morgan fingerprint density at radius 1 is 1.38 bits per heavy atom. The van der Waals surface area contributed by atoms with Gasteiger partial charge in [0.1, 0.15) is 28.3 Å². The highest BCUT2D eigenvalue weighted by Crippen LogP contribution is 2.43. The van der Waals surface area contributed by atoms with Crippen molar-refractivity contribution in [1.82, 2.24) is 9.97 Å². The molecule has 32 heavy (non-hydrogen) atoms. The summed E-state index contributed by atoms with van der Waals surface area (Å²) in [7, 11) is 1.45. The van der Waals surface area contributed by atoms with Gasteiger partial charge in [-0.25, -0.2) is 18.7 Å². The molecule has 0 saturated carbocycles. The van der Waals surface area contributed by atoms with Crippen molar-refractivity contribution in [2.24, 2.45) is 16.1 Å². The minimum atomic E-state index is -1.23. The number of alkyl halides is 1. The minimum Gasteiger partial charge on any atom is -0.445 e. The molecule has 0 spiro atoms. The Labute approximate surface area is 183 Å². The molecular formula is C21H22F2N6O3. The molecule has 1 aromatic heterocycles. The lowest BCUT2D eigenvalue weighted by Gasteiger charge is -2.42. The van der Waals surface area contributed by atoms with E-state index in [1.54, 1.807) is 13.8 Å². The second kappa shape index (κ2) is 8.84. The molecule has 1 aliphatic rings. The Balaban J connectivity index is 1.93. The molecule has 0 radical (unpaired) electrons. The molecule has 0 fully saturated rings. The number of halogens is 2. The molecule has 2 heterocycles. The summed E-state index contributed by atoms with van der Waals surface area (Å²) in [6, 6.07) is 6.14. The summed E-state index contributed by atoms with van der Waals surface area (Å²) in [5, 5.41) is 12.1. The van der Waals surface area contributed by atoms with E-state index in [2.05, 4.69) is 31.1 Å². The van der Waals surface area contributed by atoms with Gasteiger partial charge in [0.2, 0.25) is 12.7 Å². The predicted octanol–water partition coefficient (Wildman–Crippen LogP) is 2.69. The van der Waals surface area contributed by atoms with Gasteiger partial charge in [0.15, 0.2) is 0 Å². The van der Waals surface area contributed by atoms with Gasteiger partial charge in [0, 0.05) is 24.8 Å². The van der Waals surface area contributed by atoms with Crippen molar-refractivity contribution in [3.8, 4) is 11.9 Å². The molecule has 9 nitrogen and oxygen atoms in total. The van der Waals surface area contributed by atoms with Crippen LogP contribution in [0.4, 0.5) is 14.5 Å². The average molecular weight is 444 g/mol. The van der Waals surface area contributed by atoms with Crippen LogP contribution in [0, 0.1) is 22.6 Å². The number of aliphatic imine (C=N–C) groups is 1. The Morgan fingerprint density at radius 2 is 2.12 bits per heavy atom. The zero-order valence-corrected chi connectivity index (χ0v) is 17.7. The Morgan fingerprint density at radius 3 is 2.72 bits per heavy atom. The van der Waals surface area contributed by atoms with Crippen LogP contribution in [0.25, 0.3) is 0 Å². The van der Waals surface area contributed by atoms with Gasteiger partial charge in [-0.15, -0.1) is 0 Å². The number of nitrogens with one attached hydrogen (secondary N) is 1. The van der Waals surface area contributed by atoms with Crippen molar-refractivity contribution in [3.05, 3.63) is 47.7 Å². The molecule has 1 amide bonds. The topological polar surface area (TPSA) is 136 Å². The van der Waals surface area contributed by atoms with Gasteiger partial charge in [-0.1, -0.05) is 0 Å². The van der Waals surface area contributed by atoms with E-state index in [0.717, 1.165) is 12.4 Å². The third-order valence-corrected chi connectivity index (χ3v) is 5.50. The number of amides is 1. The summed E-state index contributed by atoms with van der Waals surface area (Å²) >= 11 is 0. The summed E-state index contributed by atoms with van der Waals surface area (Å²) < 4.78 is 37.2. The number of anilines is 1. The quantitative estimate of drug-likeness (QED) is 0.699. The molecule has 168 valence electrons. The Hall–Kier alpha value is -3.65. The number of aromatic nitrogens is 2. The van der Waals surface area contributed by atoms with Crippen LogP contribution in [-0.2, 0) is 10.3 Å². The molecule has 3 N–H and O–H groups in total. The first-order chi connectivity index (χ1) is 15.2. The molecule has 3 atom stereocenters. The molecule has 1 aliphatic heterocycles. The van der Waals surface area contributed by atoms with Crippen molar-refractivity contribution < 1.29 is 23.0 Å². The number of nitrogens with zero attached hydrogens (tertiary/aromatic N) is 4. The van der Waals surface area contributed by atoms with Crippen LogP contribution in [0.1, 0.15) is 36.3 Å². The number of carbonyl (C=O) groups is 1. The number of methoxy groups -OCH3 is 1. The van der Waals surface area contributed by atoms with Gasteiger partial charge in [-0.05, 0) is 32.0 Å². The Kier molecular flexibility index (Phi) is 6.36. The van der Waals surface area contributed by atoms with Crippen molar-refractivity contribution in [2.45, 2.75) is 31.9 Å². The van der Waals surface area contributed by atoms with Crippen LogP contribution in [0.3, 0.4) is 0 Å². The highest BCUT2D eigenvalue weighted by atomic mass is 19.1. The number of nitriles is 1. The second-order valence-electron chi connectivity index (χ2n) is 7.66. The van der Waals surface area contributed by atoms with E-state index in [0.29, 0.717) is 0 Å². The van der Waals surface area contributed by atoms with E-state index in [-0.39, 0.29) is 35.1 Å². The highest BCUT2D eigenvalue weighted by molar-refractivity contribution is 6.02. The van der Waals surface area contributed by atoms with Gasteiger partial charge in [-0.3, -0.25) is 9.79 Å². The van der Waals surface area contributed by atoms with Crippen LogP contribution in [0.15, 0.2) is 35.6 Å². The maximum absolute atomic E-state index is 14.9. The molecule has 3 rings (SSSR count). The van der Waals surface area contributed by atoms with E-state index in [9.17, 15) is 18.8 Å². The molecule has 0 saturated heterocycles. The summed E-state index contributed by atoms with van der Waals surface area (Å²) in [6.45, 7) is 2.24. The normalized spacial score (nSPS) is 24.9. The highest BCUT2D eigenvalue weighted by Gasteiger charge is 2.49. The molecule has 11 heteroatoms. The van der Waals surface area contributed by atoms with E-state index >= 15 is 0 Å². The number of ether oxygens (including phenoxy) is 2. The van der Waals surface area contributed by atoms with Crippen molar-refractivity contribution in [3.63, 3.8) is 0 Å². The number of nitrogens with two attached hydrogens (primary N) is 1. The Bertz CT molecular complexity index is 1090. The number of benzene rings is 1. The number of hydrogen-bond acceptors (Lipinski definition) is 8. The zero-order chi connectivity index (χ0) is 23.5. The first-order valence-corrected chi connectivity index (χ1v) is 9.59. The van der Waals surface area contributed by atoms with Crippen molar-refractivity contribution >= 4 is 17.4 Å². The second-order valence-corrected chi connectivity index (χ2v) is 7.66. The van der Waals surface area contributed by atoms with E-state index in [4.69, 9.17) is 10.5 Å². The van der Waals surface area contributed by atoms with E-state index < -0.39 is 35.6 Å². The van der Waals surface area contributed by atoms with Gasteiger partial charge >= 0.3 is 0 Å². The van der Waals surface area contributed by atoms with E-state index in [1.165, 1.54) is 25.3 Å². The maximum atomic E-state index is 14.9. The van der Waals surface area contributed by atoms with Crippen LogP contribution in [-0.4, -0.2) is 41.8 Å². The SMILES string of the molecule is CO[C@H]1C[C@](C)(C#N)C(N)=N[C@]1(C)c1cc(NC(=O)c2cnc(OCF)cn2)ccc1F.